The lowest BCUT2D eigenvalue weighted by molar-refractivity contribution is 0.0302. The molecule has 6 rings (SSSR count). The molecule has 0 aliphatic carbocycles. The predicted octanol–water partition coefficient (Wildman–Crippen LogP) is 3.36. The summed E-state index contributed by atoms with van der Waals surface area (Å²) in [5.41, 5.74) is 5.24. The maximum atomic E-state index is 6.09. The molecule has 2 atom stereocenters. The zero-order valence-electron chi connectivity index (χ0n) is 20.0. The van der Waals surface area contributed by atoms with Crippen LogP contribution in [0.2, 0.25) is 0 Å². The van der Waals surface area contributed by atoms with E-state index in [9.17, 15) is 0 Å². The molecule has 180 valence electrons. The molecule has 35 heavy (non-hydrogen) atoms. The molecule has 2 aromatic heterocycles. The van der Waals surface area contributed by atoms with Crippen LogP contribution >= 0.6 is 0 Å². The Morgan fingerprint density at radius 1 is 1.03 bits per heavy atom. The third-order valence-corrected chi connectivity index (χ3v) is 6.91. The third kappa shape index (κ3) is 4.65. The van der Waals surface area contributed by atoms with Gasteiger partial charge >= 0.3 is 0 Å². The van der Waals surface area contributed by atoms with Crippen LogP contribution in [-0.4, -0.2) is 65.6 Å². The number of hydrogen-bond acceptors (Lipinski definition) is 7. The van der Waals surface area contributed by atoms with Gasteiger partial charge in [-0.3, -0.25) is 5.10 Å². The van der Waals surface area contributed by atoms with E-state index in [1.165, 1.54) is 5.56 Å². The molecule has 2 aromatic carbocycles. The largest absolute Gasteiger partial charge is 0.371 e. The summed E-state index contributed by atoms with van der Waals surface area (Å²) in [4.78, 5) is 12.5. The highest BCUT2D eigenvalue weighted by Crippen LogP contribution is 2.33. The third-order valence-electron chi connectivity index (χ3n) is 6.91. The summed E-state index contributed by atoms with van der Waals surface area (Å²) in [7, 11) is 1.97. The molecule has 0 spiro atoms. The van der Waals surface area contributed by atoms with Gasteiger partial charge in [0.2, 0.25) is 0 Å². The van der Waals surface area contributed by atoms with Gasteiger partial charge in [0.05, 0.1) is 29.6 Å². The molecule has 0 amide bonds. The van der Waals surface area contributed by atoms with Crippen molar-refractivity contribution in [2.75, 3.05) is 38.1 Å². The van der Waals surface area contributed by atoms with Crippen LogP contribution in [0.1, 0.15) is 18.4 Å². The van der Waals surface area contributed by atoms with E-state index in [-0.39, 0.29) is 0 Å². The second kappa shape index (κ2) is 9.73. The molecular formula is C27H31N7O. The molecule has 0 radical (unpaired) electrons. The van der Waals surface area contributed by atoms with Crippen molar-refractivity contribution < 1.29 is 4.74 Å². The Bertz CT molecular complexity index is 1310. The van der Waals surface area contributed by atoms with Gasteiger partial charge in [-0.2, -0.15) is 5.10 Å². The standard InChI is InChI=1S/C27H31N7O/c1-28-10-11-29-14-18-4-2-5-19(12-18)25-13-26(34-16-20-8-9-21(17-34)35-20)32-27(31-25)22-6-3-7-24-23(22)15-30-33-24/h2-7,12-13,15,20-21,28-29H,8-11,14,16-17H2,1H3,(H,30,33). The van der Waals surface area contributed by atoms with Crippen LogP contribution in [0, 0.1) is 0 Å². The first-order valence-corrected chi connectivity index (χ1v) is 12.4. The van der Waals surface area contributed by atoms with Gasteiger partial charge in [0.25, 0.3) is 0 Å². The van der Waals surface area contributed by atoms with Gasteiger partial charge < -0.3 is 20.3 Å². The van der Waals surface area contributed by atoms with Crippen molar-refractivity contribution in [1.82, 2.24) is 30.8 Å². The summed E-state index contributed by atoms with van der Waals surface area (Å²) in [6.45, 7) is 4.44. The number of morpholine rings is 1. The average molecular weight is 470 g/mol. The van der Waals surface area contributed by atoms with E-state index in [0.717, 1.165) is 84.9 Å². The van der Waals surface area contributed by atoms with Crippen molar-refractivity contribution in [1.29, 1.82) is 0 Å². The Balaban J connectivity index is 1.40. The Labute approximate surface area is 205 Å². The van der Waals surface area contributed by atoms with Crippen LogP contribution in [-0.2, 0) is 11.3 Å². The van der Waals surface area contributed by atoms with Gasteiger partial charge in [-0.15, -0.1) is 0 Å². The van der Waals surface area contributed by atoms with Crippen molar-refractivity contribution >= 4 is 16.7 Å². The van der Waals surface area contributed by atoms with Crippen molar-refractivity contribution in [2.45, 2.75) is 31.6 Å². The van der Waals surface area contributed by atoms with Crippen LogP contribution in [0.25, 0.3) is 33.5 Å². The average Bonchev–Trinajstić information content (AvgIpc) is 3.52. The molecule has 3 N–H and O–H groups in total. The quantitative estimate of drug-likeness (QED) is 0.341. The summed E-state index contributed by atoms with van der Waals surface area (Å²) >= 11 is 0. The zero-order valence-corrected chi connectivity index (χ0v) is 20.0. The van der Waals surface area contributed by atoms with Gasteiger partial charge in [0.15, 0.2) is 5.82 Å². The minimum absolute atomic E-state index is 0.292. The SMILES string of the molecule is CNCCNCc1cccc(-c2cc(N3CC4CCC(C3)O4)nc(-c3cccc4[nH]ncc34)n2)c1. The zero-order chi connectivity index (χ0) is 23.6. The minimum Gasteiger partial charge on any atom is -0.371 e. The van der Waals surface area contributed by atoms with Gasteiger partial charge in [-0.05, 0) is 37.6 Å². The number of rotatable bonds is 8. The molecule has 2 bridgehead atoms. The second-order valence-electron chi connectivity index (χ2n) is 9.41. The molecule has 4 heterocycles. The normalized spacial score (nSPS) is 19.5. The first kappa shape index (κ1) is 22.2. The van der Waals surface area contributed by atoms with E-state index in [1.807, 2.05) is 25.4 Å². The van der Waals surface area contributed by atoms with Crippen molar-refractivity contribution in [3.05, 3.63) is 60.3 Å². The summed E-state index contributed by atoms with van der Waals surface area (Å²) in [5.74, 6) is 1.68. The molecule has 2 aliphatic heterocycles. The molecule has 4 aromatic rings. The van der Waals surface area contributed by atoms with Crippen LogP contribution in [0.3, 0.4) is 0 Å². The molecule has 8 nitrogen and oxygen atoms in total. The van der Waals surface area contributed by atoms with Crippen LogP contribution in [0.15, 0.2) is 54.7 Å². The Morgan fingerprint density at radius 2 is 1.89 bits per heavy atom. The fourth-order valence-electron chi connectivity index (χ4n) is 5.12. The maximum Gasteiger partial charge on any atom is 0.162 e. The summed E-state index contributed by atoms with van der Waals surface area (Å²) in [5, 5.41) is 15.0. The number of aromatic amines is 1. The number of anilines is 1. The van der Waals surface area contributed by atoms with Gasteiger partial charge in [-0.1, -0.05) is 30.3 Å². The van der Waals surface area contributed by atoms with E-state index < -0.39 is 0 Å². The van der Waals surface area contributed by atoms with Crippen molar-refractivity contribution in [2.24, 2.45) is 0 Å². The van der Waals surface area contributed by atoms with Crippen LogP contribution in [0.4, 0.5) is 5.82 Å². The highest BCUT2D eigenvalue weighted by atomic mass is 16.5. The van der Waals surface area contributed by atoms with Crippen molar-refractivity contribution in [3.63, 3.8) is 0 Å². The highest BCUT2D eigenvalue weighted by Gasteiger charge is 2.34. The van der Waals surface area contributed by atoms with Crippen LogP contribution < -0.4 is 15.5 Å². The lowest BCUT2D eigenvalue weighted by Crippen LogP contribution is -2.43. The number of likely N-dealkylation sites (N-methyl/N-ethyl adjacent to an activating group) is 1. The first-order valence-electron chi connectivity index (χ1n) is 12.4. The number of fused-ring (bicyclic) bond motifs is 3. The Hall–Kier alpha value is -3.33. The van der Waals surface area contributed by atoms with E-state index in [1.54, 1.807) is 0 Å². The molecule has 2 aliphatic rings. The second-order valence-corrected chi connectivity index (χ2v) is 9.41. The number of H-pyrrole nitrogens is 1. The Morgan fingerprint density at radius 3 is 2.74 bits per heavy atom. The topological polar surface area (TPSA) is 91.0 Å². The molecule has 2 saturated heterocycles. The maximum absolute atomic E-state index is 6.09. The Kier molecular flexibility index (Phi) is 6.16. The van der Waals surface area contributed by atoms with Gasteiger partial charge in [0.1, 0.15) is 5.82 Å². The van der Waals surface area contributed by atoms with E-state index >= 15 is 0 Å². The predicted molar refractivity (Wildman–Crippen MR) is 138 cm³/mol. The minimum atomic E-state index is 0.292. The lowest BCUT2D eigenvalue weighted by atomic mass is 10.1. The summed E-state index contributed by atoms with van der Waals surface area (Å²) in [6.07, 6.45) is 4.69. The molecule has 2 fully saturated rings. The number of nitrogens with one attached hydrogen (secondary N) is 3. The van der Waals surface area contributed by atoms with Crippen LogP contribution in [0.5, 0.6) is 0 Å². The monoisotopic (exact) mass is 469 g/mol. The van der Waals surface area contributed by atoms with Crippen molar-refractivity contribution in [3.8, 4) is 22.6 Å². The molecule has 0 saturated carbocycles. The summed E-state index contributed by atoms with van der Waals surface area (Å²) in [6, 6.07) is 16.9. The number of nitrogens with zero attached hydrogens (tertiary/aromatic N) is 4. The number of hydrogen-bond donors (Lipinski definition) is 3. The van der Waals surface area contributed by atoms with E-state index in [2.05, 4.69) is 62.1 Å². The number of aromatic nitrogens is 4. The lowest BCUT2D eigenvalue weighted by Gasteiger charge is -2.33. The summed E-state index contributed by atoms with van der Waals surface area (Å²) < 4.78 is 6.09. The smallest absolute Gasteiger partial charge is 0.162 e. The van der Waals surface area contributed by atoms with E-state index in [4.69, 9.17) is 14.7 Å². The molecular weight excluding hydrogens is 438 g/mol. The highest BCUT2D eigenvalue weighted by molar-refractivity contribution is 5.92. The number of ether oxygens (including phenoxy) is 1. The fraction of sp³-hybridized carbons (Fsp3) is 0.370. The van der Waals surface area contributed by atoms with Gasteiger partial charge in [-0.25, -0.2) is 9.97 Å². The molecule has 8 heteroatoms. The van der Waals surface area contributed by atoms with E-state index in [0.29, 0.717) is 12.2 Å². The fourth-order valence-corrected chi connectivity index (χ4v) is 5.12. The number of benzene rings is 2. The first-order chi connectivity index (χ1) is 17.3. The molecule has 2 unspecified atom stereocenters. The van der Waals surface area contributed by atoms with Gasteiger partial charge in [0, 0.05) is 55.3 Å².